The largest absolute Gasteiger partial charge is 0.482 e. The number of urea groups is 1. The molecule has 2 atom stereocenters. The summed E-state index contributed by atoms with van der Waals surface area (Å²) in [5.74, 6) is 0.534. The van der Waals surface area contributed by atoms with Crippen LogP contribution in [-0.4, -0.2) is 30.6 Å². The molecular formula is C20H19F2N3O4. The molecule has 0 saturated heterocycles. The summed E-state index contributed by atoms with van der Waals surface area (Å²) in [5, 5.41) is 8.05. The topological polar surface area (TPSA) is 88.7 Å². The molecule has 2 aromatic rings. The van der Waals surface area contributed by atoms with Gasteiger partial charge in [0.05, 0.1) is 11.7 Å². The third kappa shape index (κ3) is 3.80. The number of carbonyl (C=O) groups excluding carboxylic acids is 2. The Hall–Kier alpha value is -3.36. The van der Waals surface area contributed by atoms with E-state index in [1.807, 2.05) is 0 Å². The van der Waals surface area contributed by atoms with E-state index in [2.05, 4.69) is 16.0 Å². The average Bonchev–Trinajstić information content (AvgIpc) is 2.67. The van der Waals surface area contributed by atoms with E-state index in [0.29, 0.717) is 28.4 Å². The minimum absolute atomic E-state index is 0.0632. The summed E-state index contributed by atoms with van der Waals surface area (Å²) in [4.78, 5) is 24.0. The molecule has 0 spiro atoms. The molecule has 152 valence electrons. The SMILES string of the molecule is C[C@]1(C(F)F)C[C@@H](NC(=O)Nc2ccc3c(c2)NC(=O)CO3)c2ccccc2O1. The molecule has 2 aromatic carbocycles. The van der Waals surface area contributed by atoms with Gasteiger partial charge in [0.1, 0.15) is 11.5 Å². The molecule has 29 heavy (non-hydrogen) atoms. The fourth-order valence-corrected chi connectivity index (χ4v) is 3.42. The Morgan fingerprint density at radius 2 is 2.03 bits per heavy atom. The fourth-order valence-electron chi connectivity index (χ4n) is 3.42. The van der Waals surface area contributed by atoms with Crippen molar-refractivity contribution in [1.29, 1.82) is 0 Å². The molecule has 0 radical (unpaired) electrons. The Morgan fingerprint density at radius 1 is 1.24 bits per heavy atom. The first kappa shape index (κ1) is 19.0. The van der Waals surface area contributed by atoms with Crippen molar-refractivity contribution in [2.24, 2.45) is 0 Å². The van der Waals surface area contributed by atoms with E-state index in [9.17, 15) is 18.4 Å². The number of benzene rings is 2. The molecule has 0 saturated carbocycles. The summed E-state index contributed by atoms with van der Waals surface area (Å²) in [7, 11) is 0. The minimum Gasteiger partial charge on any atom is -0.482 e. The molecule has 0 fully saturated rings. The predicted octanol–water partition coefficient (Wildman–Crippen LogP) is 3.69. The van der Waals surface area contributed by atoms with Crippen LogP contribution in [0.4, 0.5) is 25.0 Å². The highest BCUT2D eigenvalue weighted by molar-refractivity contribution is 5.97. The van der Waals surface area contributed by atoms with Crippen LogP contribution in [0, 0.1) is 0 Å². The average molecular weight is 403 g/mol. The van der Waals surface area contributed by atoms with Gasteiger partial charge in [-0.3, -0.25) is 4.79 Å². The number of alkyl halides is 2. The second-order valence-electron chi connectivity index (χ2n) is 7.16. The number of anilines is 2. The normalized spacial score (nSPS) is 22.5. The van der Waals surface area contributed by atoms with Crippen molar-refractivity contribution in [2.75, 3.05) is 17.2 Å². The van der Waals surface area contributed by atoms with Gasteiger partial charge in [0, 0.05) is 17.7 Å². The van der Waals surface area contributed by atoms with Crippen LogP contribution in [-0.2, 0) is 4.79 Å². The van der Waals surface area contributed by atoms with Gasteiger partial charge in [-0.05, 0) is 31.2 Å². The van der Waals surface area contributed by atoms with E-state index in [1.165, 1.54) is 6.92 Å². The number of carbonyl (C=O) groups is 2. The standard InChI is InChI=1S/C20H19F2N3O4/c1-20(18(21)22)9-14(12-4-2-3-5-15(12)29-20)25-19(27)23-11-6-7-16-13(8-11)24-17(26)10-28-16/h2-8,14,18H,9-10H2,1H3,(H,24,26)(H2,23,25,27)/t14-,20-/m1/s1. The Balaban J connectivity index is 1.51. The smallest absolute Gasteiger partial charge is 0.319 e. The number of ether oxygens (including phenoxy) is 2. The number of rotatable bonds is 3. The van der Waals surface area contributed by atoms with Crippen molar-refractivity contribution in [1.82, 2.24) is 5.32 Å². The molecule has 4 rings (SSSR count). The van der Waals surface area contributed by atoms with Crippen LogP contribution in [0.15, 0.2) is 42.5 Å². The summed E-state index contributed by atoms with van der Waals surface area (Å²) >= 11 is 0. The van der Waals surface area contributed by atoms with Gasteiger partial charge in [-0.2, -0.15) is 0 Å². The number of nitrogens with one attached hydrogen (secondary N) is 3. The Bertz CT molecular complexity index is 968. The Kier molecular flexibility index (Phi) is 4.73. The van der Waals surface area contributed by atoms with Crippen LogP contribution >= 0.6 is 0 Å². The summed E-state index contributed by atoms with van der Waals surface area (Å²) in [6, 6.07) is 10.4. The monoisotopic (exact) mass is 403 g/mol. The molecule has 2 heterocycles. The van der Waals surface area contributed by atoms with Gasteiger partial charge < -0.3 is 25.4 Å². The lowest BCUT2D eigenvalue weighted by Crippen LogP contribution is -2.48. The van der Waals surface area contributed by atoms with Crippen molar-refractivity contribution < 1.29 is 27.8 Å². The number of fused-ring (bicyclic) bond motifs is 2. The number of hydrogen-bond acceptors (Lipinski definition) is 4. The first-order valence-corrected chi connectivity index (χ1v) is 9.04. The lowest BCUT2D eigenvalue weighted by atomic mass is 9.88. The summed E-state index contributed by atoms with van der Waals surface area (Å²) in [6.45, 7) is 1.26. The van der Waals surface area contributed by atoms with Gasteiger partial charge in [-0.1, -0.05) is 18.2 Å². The quantitative estimate of drug-likeness (QED) is 0.729. The van der Waals surface area contributed by atoms with E-state index in [-0.39, 0.29) is 18.9 Å². The van der Waals surface area contributed by atoms with Crippen LogP contribution in [0.3, 0.4) is 0 Å². The first-order chi connectivity index (χ1) is 13.8. The van der Waals surface area contributed by atoms with Crippen molar-refractivity contribution in [3.63, 3.8) is 0 Å². The number of hydrogen-bond donors (Lipinski definition) is 3. The lowest BCUT2D eigenvalue weighted by Gasteiger charge is -2.39. The third-order valence-corrected chi connectivity index (χ3v) is 4.88. The van der Waals surface area contributed by atoms with Gasteiger partial charge >= 0.3 is 6.03 Å². The van der Waals surface area contributed by atoms with Gasteiger partial charge in [0.25, 0.3) is 12.3 Å². The number of amides is 3. The molecule has 3 amide bonds. The molecule has 9 heteroatoms. The molecule has 2 aliphatic rings. The van der Waals surface area contributed by atoms with E-state index < -0.39 is 24.1 Å². The fraction of sp³-hybridized carbons (Fsp3) is 0.300. The van der Waals surface area contributed by atoms with Crippen molar-refractivity contribution in [2.45, 2.75) is 31.4 Å². The maximum absolute atomic E-state index is 13.5. The van der Waals surface area contributed by atoms with Crippen LogP contribution < -0.4 is 25.4 Å². The van der Waals surface area contributed by atoms with E-state index >= 15 is 0 Å². The zero-order valence-corrected chi connectivity index (χ0v) is 15.5. The molecule has 7 nitrogen and oxygen atoms in total. The second kappa shape index (κ2) is 7.23. The summed E-state index contributed by atoms with van der Waals surface area (Å²) in [6.07, 6.45) is -2.80. The Labute approximate surface area is 165 Å². The molecule has 0 aliphatic carbocycles. The highest BCUT2D eigenvalue weighted by Crippen LogP contribution is 2.42. The lowest BCUT2D eigenvalue weighted by molar-refractivity contribution is -0.118. The minimum atomic E-state index is -2.72. The van der Waals surface area contributed by atoms with E-state index in [1.54, 1.807) is 42.5 Å². The predicted molar refractivity (Wildman–Crippen MR) is 102 cm³/mol. The van der Waals surface area contributed by atoms with Gasteiger partial charge in [-0.25, -0.2) is 13.6 Å². The van der Waals surface area contributed by atoms with Gasteiger partial charge in [0.2, 0.25) is 0 Å². The van der Waals surface area contributed by atoms with E-state index in [4.69, 9.17) is 9.47 Å². The molecule has 3 N–H and O–H groups in total. The molecule has 2 aliphatic heterocycles. The zero-order chi connectivity index (χ0) is 20.6. The first-order valence-electron chi connectivity index (χ1n) is 9.04. The van der Waals surface area contributed by atoms with Crippen molar-refractivity contribution in [3.8, 4) is 11.5 Å². The van der Waals surface area contributed by atoms with Gasteiger partial charge in [-0.15, -0.1) is 0 Å². The second-order valence-corrected chi connectivity index (χ2v) is 7.16. The number of halogens is 2. The summed E-state index contributed by atoms with van der Waals surface area (Å²) < 4.78 is 37.9. The Morgan fingerprint density at radius 3 is 2.83 bits per heavy atom. The highest BCUT2D eigenvalue weighted by atomic mass is 19.3. The molecular weight excluding hydrogens is 384 g/mol. The zero-order valence-electron chi connectivity index (χ0n) is 15.5. The highest BCUT2D eigenvalue weighted by Gasteiger charge is 2.44. The van der Waals surface area contributed by atoms with Crippen LogP contribution in [0.25, 0.3) is 0 Å². The summed E-state index contributed by atoms with van der Waals surface area (Å²) in [5.41, 5.74) is -0.212. The van der Waals surface area contributed by atoms with Crippen LogP contribution in [0.1, 0.15) is 24.9 Å². The van der Waals surface area contributed by atoms with Crippen LogP contribution in [0.2, 0.25) is 0 Å². The maximum Gasteiger partial charge on any atom is 0.319 e. The molecule has 0 bridgehead atoms. The van der Waals surface area contributed by atoms with Crippen molar-refractivity contribution in [3.05, 3.63) is 48.0 Å². The number of para-hydroxylation sites is 1. The molecule has 0 aromatic heterocycles. The van der Waals surface area contributed by atoms with Gasteiger partial charge in [0.15, 0.2) is 12.2 Å². The third-order valence-electron chi connectivity index (χ3n) is 4.88. The van der Waals surface area contributed by atoms with Crippen LogP contribution in [0.5, 0.6) is 11.5 Å². The molecule has 0 unspecified atom stereocenters. The maximum atomic E-state index is 13.5. The van der Waals surface area contributed by atoms with Crippen molar-refractivity contribution >= 4 is 23.3 Å². The van der Waals surface area contributed by atoms with E-state index in [0.717, 1.165) is 0 Å².